The van der Waals surface area contributed by atoms with E-state index >= 15 is 0 Å². The fourth-order valence-corrected chi connectivity index (χ4v) is 3.20. The van der Waals surface area contributed by atoms with Gasteiger partial charge in [-0.2, -0.15) is 0 Å². The molecule has 1 unspecified atom stereocenters. The molecule has 0 aromatic heterocycles. The first kappa shape index (κ1) is 16.5. The van der Waals surface area contributed by atoms with Gasteiger partial charge in [0.15, 0.2) is 0 Å². The van der Waals surface area contributed by atoms with E-state index in [4.69, 9.17) is 0 Å². The average Bonchev–Trinajstić information content (AvgIpc) is 2.45. The number of hydrogen-bond acceptors (Lipinski definition) is 1. The zero-order valence-corrected chi connectivity index (χ0v) is 15.2. The summed E-state index contributed by atoms with van der Waals surface area (Å²) in [6.45, 7) is 7.65. The van der Waals surface area contributed by atoms with Crippen molar-refractivity contribution in [3.05, 3.63) is 68.8 Å². The highest BCUT2D eigenvalue weighted by Crippen LogP contribution is 2.24. The monoisotopic (exact) mass is 393 g/mol. The van der Waals surface area contributed by atoms with E-state index in [1.165, 1.54) is 20.3 Å². The molecule has 0 heterocycles. The summed E-state index contributed by atoms with van der Waals surface area (Å²) in [7, 11) is 0. The number of nitrogens with one attached hydrogen (secondary N) is 1. The van der Waals surface area contributed by atoms with Gasteiger partial charge >= 0.3 is 0 Å². The van der Waals surface area contributed by atoms with Crippen LogP contribution in [0.3, 0.4) is 0 Å². The van der Waals surface area contributed by atoms with E-state index < -0.39 is 0 Å². The molecule has 2 aromatic rings. The lowest BCUT2D eigenvalue weighted by molar-refractivity contribution is 0.627. The third-order valence-electron chi connectivity index (χ3n) is 3.55. The topological polar surface area (TPSA) is 12.0 Å². The zero-order chi connectivity index (χ0) is 15.2. The highest BCUT2D eigenvalue weighted by molar-refractivity contribution is 14.1. The van der Waals surface area contributed by atoms with Gasteiger partial charge in [0.05, 0.1) is 6.04 Å². The highest BCUT2D eigenvalue weighted by atomic mass is 127. The molecule has 0 aliphatic rings. The van der Waals surface area contributed by atoms with Crippen LogP contribution in [-0.2, 0) is 6.42 Å². The summed E-state index contributed by atoms with van der Waals surface area (Å²) in [5.41, 5.74) is 4.10. The Morgan fingerprint density at radius 2 is 1.71 bits per heavy atom. The van der Waals surface area contributed by atoms with E-state index in [2.05, 4.69) is 97.2 Å². The smallest absolute Gasteiger partial charge is 0.0577 e. The molecule has 2 heteroatoms. The molecule has 2 rings (SSSR count). The number of rotatable bonds is 6. The van der Waals surface area contributed by atoms with Crippen LogP contribution in [0.25, 0.3) is 0 Å². The molecular weight excluding hydrogens is 369 g/mol. The van der Waals surface area contributed by atoms with E-state index in [1.807, 2.05) is 0 Å². The first-order valence-corrected chi connectivity index (χ1v) is 8.75. The van der Waals surface area contributed by atoms with Gasteiger partial charge in [-0.3, -0.25) is 0 Å². The van der Waals surface area contributed by atoms with E-state index in [-0.39, 0.29) is 6.04 Å². The van der Waals surface area contributed by atoms with Crippen LogP contribution in [0.5, 0.6) is 0 Å². The van der Waals surface area contributed by atoms with Crippen molar-refractivity contribution in [1.29, 1.82) is 0 Å². The highest BCUT2D eigenvalue weighted by Gasteiger charge is 2.13. The van der Waals surface area contributed by atoms with Gasteiger partial charge in [0.1, 0.15) is 0 Å². The molecule has 0 amide bonds. The summed E-state index contributed by atoms with van der Waals surface area (Å²) in [6.07, 6.45) is 1.15. The molecule has 2 aromatic carbocycles. The minimum Gasteiger partial charge on any atom is -0.307 e. The van der Waals surface area contributed by atoms with E-state index in [1.54, 1.807) is 0 Å². The van der Waals surface area contributed by atoms with E-state index in [9.17, 15) is 0 Å². The standard InChI is InChI=1S/C19H24IN/c1-4-21-19(17-6-5-7-18(20)13-17)16-10-8-15(9-11-16)12-14(2)3/h5-11,13-14,19,21H,4,12H2,1-3H3. The maximum atomic E-state index is 3.60. The normalized spacial score (nSPS) is 12.6. The third kappa shape index (κ3) is 4.82. The second-order valence-corrected chi connectivity index (χ2v) is 7.13. The molecule has 0 bridgehead atoms. The number of halogens is 1. The van der Waals surface area contributed by atoms with Crippen molar-refractivity contribution in [3.63, 3.8) is 0 Å². The van der Waals surface area contributed by atoms with Gasteiger partial charge in [-0.1, -0.05) is 57.2 Å². The van der Waals surface area contributed by atoms with Gasteiger partial charge in [-0.25, -0.2) is 0 Å². The van der Waals surface area contributed by atoms with Crippen LogP contribution in [-0.4, -0.2) is 6.54 Å². The van der Waals surface area contributed by atoms with Crippen molar-refractivity contribution in [1.82, 2.24) is 5.32 Å². The van der Waals surface area contributed by atoms with Crippen molar-refractivity contribution in [2.45, 2.75) is 33.2 Å². The van der Waals surface area contributed by atoms with Gasteiger partial charge in [0.2, 0.25) is 0 Å². The molecule has 21 heavy (non-hydrogen) atoms. The molecule has 0 saturated heterocycles. The Morgan fingerprint density at radius 3 is 2.29 bits per heavy atom. The lowest BCUT2D eigenvalue weighted by Gasteiger charge is -2.20. The summed E-state index contributed by atoms with van der Waals surface area (Å²) < 4.78 is 1.28. The van der Waals surface area contributed by atoms with Crippen LogP contribution in [0.4, 0.5) is 0 Å². The predicted octanol–water partition coefficient (Wildman–Crippen LogP) is 5.19. The molecule has 1 N–H and O–H groups in total. The molecular formula is C19H24IN. The van der Waals surface area contributed by atoms with Crippen molar-refractivity contribution in [2.24, 2.45) is 5.92 Å². The molecule has 0 radical (unpaired) electrons. The Balaban J connectivity index is 2.26. The summed E-state index contributed by atoms with van der Waals surface area (Å²) in [4.78, 5) is 0. The van der Waals surface area contributed by atoms with Crippen LogP contribution in [0.15, 0.2) is 48.5 Å². The maximum absolute atomic E-state index is 3.60. The Hall–Kier alpha value is -0.870. The Kier molecular flexibility index (Phi) is 6.24. The first-order chi connectivity index (χ1) is 10.1. The predicted molar refractivity (Wildman–Crippen MR) is 99.7 cm³/mol. The second-order valence-electron chi connectivity index (χ2n) is 5.89. The molecule has 1 nitrogen and oxygen atoms in total. The zero-order valence-electron chi connectivity index (χ0n) is 13.1. The largest absolute Gasteiger partial charge is 0.307 e. The minimum absolute atomic E-state index is 0.276. The lowest BCUT2D eigenvalue weighted by atomic mass is 9.95. The number of benzene rings is 2. The SMILES string of the molecule is CCNC(c1ccc(CC(C)C)cc1)c1cccc(I)c1. The minimum atomic E-state index is 0.276. The molecule has 0 saturated carbocycles. The van der Waals surface area contributed by atoms with Gasteiger partial charge in [0.25, 0.3) is 0 Å². The molecule has 0 aliphatic carbocycles. The van der Waals surface area contributed by atoms with Crippen molar-refractivity contribution in [2.75, 3.05) is 6.54 Å². The van der Waals surface area contributed by atoms with Crippen LogP contribution >= 0.6 is 22.6 Å². The lowest BCUT2D eigenvalue weighted by Crippen LogP contribution is -2.22. The maximum Gasteiger partial charge on any atom is 0.0577 e. The second kappa shape index (κ2) is 7.95. The van der Waals surface area contributed by atoms with Gasteiger partial charge in [-0.15, -0.1) is 0 Å². The summed E-state index contributed by atoms with van der Waals surface area (Å²) in [5, 5.41) is 3.60. The summed E-state index contributed by atoms with van der Waals surface area (Å²) >= 11 is 2.38. The molecule has 0 aliphatic heterocycles. The van der Waals surface area contributed by atoms with Crippen LogP contribution in [0.2, 0.25) is 0 Å². The van der Waals surface area contributed by atoms with Crippen molar-refractivity contribution < 1.29 is 0 Å². The fourth-order valence-electron chi connectivity index (χ4n) is 2.64. The Labute approximate surface area is 142 Å². The van der Waals surface area contributed by atoms with Crippen molar-refractivity contribution >= 4 is 22.6 Å². The fraction of sp³-hybridized carbons (Fsp3) is 0.368. The molecule has 112 valence electrons. The Bertz CT molecular complexity index is 560. The van der Waals surface area contributed by atoms with Crippen LogP contribution in [0.1, 0.15) is 43.5 Å². The van der Waals surface area contributed by atoms with Gasteiger partial charge < -0.3 is 5.32 Å². The average molecular weight is 393 g/mol. The molecule has 1 atom stereocenters. The molecule has 0 fully saturated rings. The molecule has 0 spiro atoms. The Morgan fingerprint density at radius 1 is 1.00 bits per heavy atom. The summed E-state index contributed by atoms with van der Waals surface area (Å²) in [5.74, 6) is 0.705. The van der Waals surface area contributed by atoms with Crippen LogP contribution in [0, 0.1) is 9.49 Å². The van der Waals surface area contributed by atoms with Gasteiger partial charge in [-0.05, 0) is 70.3 Å². The third-order valence-corrected chi connectivity index (χ3v) is 4.22. The van der Waals surface area contributed by atoms with Crippen molar-refractivity contribution in [3.8, 4) is 0 Å². The number of hydrogen-bond donors (Lipinski definition) is 1. The van der Waals surface area contributed by atoms with Gasteiger partial charge in [0, 0.05) is 3.57 Å². The summed E-state index contributed by atoms with van der Waals surface area (Å²) in [6, 6.07) is 18.1. The first-order valence-electron chi connectivity index (χ1n) is 7.67. The quantitative estimate of drug-likeness (QED) is 0.667. The van der Waals surface area contributed by atoms with E-state index in [0.717, 1.165) is 13.0 Å². The van der Waals surface area contributed by atoms with E-state index in [0.29, 0.717) is 5.92 Å². The van der Waals surface area contributed by atoms with Crippen LogP contribution < -0.4 is 5.32 Å².